The lowest BCUT2D eigenvalue weighted by molar-refractivity contribution is -0.205. The second-order valence-corrected chi connectivity index (χ2v) is 9.11. The summed E-state index contributed by atoms with van der Waals surface area (Å²) in [5.41, 5.74) is -0.392. The molecule has 0 atom stereocenters. The molecular formula is C19H23ClF3N3O4. The summed E-state index contributed by atoms with van der Waals surface area (Å²) in [5.74, 6) is -1.43. The van der Waals surface area contributed by atoms with Crippen LogP contribution in [-0.2, 0) is 16.1 Å². The van der Waals surface area contributed by atoms with Crippen LogP contribution in [0, 0.1) is 5.41 Å². The number of alkyl carbamates (subject to hydrolysis) is 1. The first-order valence-corrected chi connectivity index (χ1v) is 9.79. The number of ether oxygens (including phenoxy) is 2. The summed E-state index contributed by atoms with van der Waals surface area (Å²) in [6.45, 7) is 5.58. The number of pyridine rings is 1. The van der Waals surface area contributed by atoms with Gasteiger partial charge in [-0.2, -0.15) is 13.2 Å². The molecular weight excluding hydrogens is 427 g/mol. The highest BCUT2D eigenvalue weighted by Crippen LogP contribution is 2.50. The number of aromatic nitrogens is 1. The molecule has 2 amide bonds. The molecule has 1 spiro atoms. The summed E-state index contributed by atoms with van der Waals surface area (Å²) in [6, 6.07) is 3.28. The first-order chi connectivity index (χ1) is 13.8. The molecule has 11 heteroatoms. The molecule has 1 aliphatic carbocycles. The lowest BCUT2D eigenvalue weighted by Crippen LogP contribution is -2.67. The monoisotopic (exact) mass is 449 g/mol. The fourth-order valence-electron chi connectivity index (χ4n) is 3.64. The van der Waals surface area contributed by atoms with Crippen molar-refractivity contribution in [3.63, 3.8) is 0 Å². The van der Waals surface area contributed by atoms with Crippen LogP contribution in [-0.4, -0.2) is 52.9 Å². The highest BCUT2D eigenvalue weighted by Gasteiger charge is 2.58. The van der Waals surface area contributed by atoms with E-state index in [1.54, 1.807) is 32.9 Å². The normalized spacial score (nSPS) is 18.4. The van der Waals surface area contributed by atoms with E-state index < -0.39 is 23.8 Å². The van der Waals surface area contributed by atoms with Crippen LogP contribution < -0.4 is 10.1 Å². The first kappa shape index (κ1) is 22.5. The summed E-state index contributed by atoms with van der Waals surface area (Å²) in [5, 5.41) is 2.71. The maximum absolute atomic E-state index is 12.4. The van der Waals surface area contributed by atoms with Crippen molar-refractivity contribution in [3.8, 4) is 5.75 Å². The molecule has 2 heterocycles. The van der Waals surface area contributed by atoms with Gasteiger partial charge in [-0.25, -0.2) is 9.78 Å². The van der Waals surface area contributed by atoms with E-state index in [1.807, 2.05) is 0 Å². The topological polar surface area (TPSA) is 80.8 Å². The van der Waals surface area contributed by atoms with Gasteiger partial charge in [0.2, 0.25) is 0 Å². The number of carbonyl (C=O) groups excluding carboxylic acids is 2. The molecule has 1 saturated heterocycles. The minimum Gasteiger partial charge on any atom is -0.487 e. The maximum Gasteiger partial charge on any atom is 0.471 e. The summed E-state index contributed by atoms with van der Waals surface area (Å²) < 4.78 is 48.3. The molecule has 2 fully saturated rings. The van der Waals surface area contributed by atoms with Gasteiger partial charge < -0.3 is 19.7 Å². The van der Waals surface area contributed by atoms with E-state index in [9.17, 15) is 22.8 Å². The van der Waals surface area contributed by atoms with Crippen molar-refractivity contribution in [2.24, 2.45) is 5.41 Å². The van der Waals surface area contributed by atoms with Crippen molar-refractivity contribution in [3.05, 3.63) is 23.0 Å². The number of carbonyl (C=O) groups is 2. The van der Waals surface area contributed by atoms with Crippen molar-refractivity contribution in [2.75, 3.05) is 13.1 Å². The second-order valence-electron chi connectivity index (χ2n) is 8.75. The van der Waals surface area contributed by atoms with Gasteiger partial charge in [0.25, 0.3) is 0 Å². The number of hydrogen-bond donors (Lipinski definition) is 1. The third-order valence-corrected chi connectivity index (χ3v) is 5.15. The number of nitrogens with zero attached hydrogens (tertiary/aromatic N) is 2. The zero-order chi connectivity index (χ0) is 22.3. The number of halogens is 4. The number of alkyl halides is 3. The summed E-state index contributed by atoms with van der Waals surface area (Å²) >= 11 is 6.15. The fourth-order valence-corrected chi connectivity index (χ4v) is 3.85. The Labute approximate surface area is 176 Å². The Morgan fingerprint density at radius 3 is 2.43 bits per heavy atom. The van der Waals surface area contributed by atoms with Crippen molar-refractivity contribution < 1.29 is 32.2 Å². The fraction of sp³-hybridized carbons (Fsp3) is 0.632. The van der Waals surface area contributed by atoms with Crippen LogP contribution >= 0.6 is 11.6 Å². The maximum atomic E-state index is 12.4. The van der Waals surface area contributed by atoms with Crippen molar-refractivity contribution in [1.82, 2.24) is 15.2 Å². The van der Waals surface area contributed by atoms with Gasteiger partial charge in [0.1, 0.15) is 11.7 Å². The van der Waals surface area contributed by atoms with E-state index >= 15 is 0 Å². The Hall–Kier alpha value is -2.23. The molecule has 7 nitrogen and oxygen atoms in total. The molecule has 166 valence electrons. The molecule has 3 rings (SSSR count). The number of nitrogens with one attached hydrogen (secondary N) is 1. The Bertz CT molecular complexity index is 827. The van der Waals surface area contributed by atoms with E-state index in [4.69, 9.17) is 21.1 Å². The van der Waals surface area contributed by atoms with Gasteiger partial charge in [-0.3, -0.25) is 4.79 Å². The third kappa shape index (κ3) is 5.27. The smallest absolute Gasteiger partial charge is 0.471 e. The SMILES string of the molecule is CC(C)(C)OC(=O)NCc1ccc(OC2CC3(C2)CN(C(=O)C(F)(F)F)C3)c(Cl)n1. The van der Waals surface area contributed by atoms with Crippen LogP contribution in [0.15, 0.2) is 12.1 Å². The Morgan fingerprint density at radius 2 is 1.90 bits per heavy atom. The van der Waals surface area contributed by atoms with Crippen LogP contribution in [0.25, 0.3) is 0 Å². The first-order valence-electron chi connectivity index (χ1n) is 9.41. The molecule has 0 bridgehead atoms. The van der Waals surface area contributed by atoms with E-state index in [0.717, 1.165) is 4.90 Å². The molecule has 2 aliphatic rings. The largest absolute Gasteiger partial charge is 0.487 e. The number of amides is 2. The Morgan fingerprint density at radius 1 is 1.27 bits per heavy atom. The second kappa shape index (κ2) is 7.79. The molecule has 0 radical (unpaired) electrons. The number of likely N-dealkylation sites (tertiary alicyclic amines) is 1. The molecule has 1 saturated carbocycles. The standard InChI is InChI=1S/C19H23ClF3N3O4/c1-17(2,3)30-16(28)24-8-11-4-5-13(14(20)25-11)29-12-6-18(7-12)9-26(10-18)15(27)19(21,22)23/h4-5,12H,6-10H2,1-3H3,(H,24,28). The third-order valence-electron chi connectivity index (χ3n) is 4.88. The van der Waals surface area contributed by atoms with Gasteiger partial charge >= 0.3 is 18.2 Å². The van der Waals surface area contributed by atoms with Crippen molar-refractivity contribution in [1.29, 1.82) is 0 Å². The van der Waals surface area contributed by atoms with Crippen LogP contribution in [0.2, 0.25) is 5.15 Å². The zero-order valence-electron chi connectivity index (χ0n) is 16.8. The lowest BCUT2D eigenvalue weighted by atomic mass is 9.61. The van der Waals surface area contributed by atoms with E-state index in [-0.39, 0.29) is 36.3 Å². The highest BCUT2D eigenvalue weighted by molar-refractivity contribution is 6.30. The average Bonchev–Trinajstić information content (AvgIpc) is 2.52. The highest BCUT2D eigenvalue weighted by atomic mass is 35.5. The van der Waals surface area contributed by atoms with Gasteiger partial charge in [-0.05, 0) is 45.7 Å². The Balaban J connectivity index is 1.44. The van der Waals surface area contributed by atoms with Gasteiger partial charge in [0.15, 0.2) is 10.9 Å². The molecule has 1 aromatic heterocycles. The minimum absolute atomic E-state index is 0.0897. The van der Waals surface area contributed by atoms with Crippen molar-refractivity contribution >= 4 is 23.6 Å². The molecule has 0 aromatic carbocycles. The average molecular weight is 450 g/mol. The van der Waals surface area contributed by atoms with Gasteiger partial charge in [-0.15, -0.1) is 0 Å². The summed E-state index contributed by atoms with van der Waals surface area (Å²) in [7, 11) is 0. The van der Waals surface area contributed by atoms with Gasteiger partial charge in [0, 0.05) is 18.5 Å². The Kier molecular flexibility index (Phi) is 5.83. The zero-order valence-corrected chi connectivity index (χ0v) is 17.6. The quantitative estimate of drug-likeness (QED) is 0.709. The van der Waals surface area contributed by atoms with E-state index in [2.05, 4.69) is 10.3 Å². The minimum atomic E-state index is -4.83. The summed E-state index contributed by atoms with van der Waals surface area (Å²) in [6.07, 6.45) is -4.50. The lowest BCUT2D eigenvalue weighted by Gasteiger charge is -2.58. The molecule has 1 aliphatic heterocycles. The van der Waals surface area contributed by atoms with Crippen LogP contribution in [0.5, 0.6) is 5.75 Å². The predicted molar refractivity (Wildman–Crippen MR) is 101 cm³/mol. The van der Waals surface area contributed by atoms with Gasteiger partial charge in [-0.1, -0.05) is 11.6 Å². The molecule has 1 aromatic rings. The summed E-state index contributed by atoms with van der Waals surface area (Å²) in [4.78, 5) is 27.9. The van der Waals surface area contributed by atoms with Gasteiger partial charge in [0.05, 0.1) is 12.2 Å². The van der Waals surface area contributed by atoms with Crippen LogP contribution in [0.4, 0.5) is 18.0 Å². The molecule has 30 heavy (non-hydrogen) atoms. The molecule has 0 unspecified atom stereocenters. The van der Waals surface area contributed by atoms with Crippen LogP contribution in [0.3, 0.4) is 0 Å². The number of hydrogen-bond acceptors (Lipinski definition) is 5. The predicted octanol–water partition coefficient (Wildman–Crippen LogP) is 3.69. The molecule has 1 N–H and O–H groups in total. The van der Waals surface area contributed by atoms with E-state index in [0.29, 0.717) is 24.3 Å². The van der Waals surface area contributed by atoms with E-state index in [1.165, 1.54) is 0 Å². The van der Waals surface area contributed by atoms with Crippen molar-refractivity contribution in [2.45, 2.75) is 58.0 Å². The number of rotatable bonds is 4. The van der Waals surface area contributed by atoms with Crippen LogP contribution in [0.1, 0.15) is 39.3 Å².